The lowest BCUT2D eigenvalue weighted by molar-refractivity contribution is -0.130. The van der Waals surface area contributed by atoms with Crippen LogP contribution in [0.15, 0.2) is 23.3 Å². The highest BCUT2D eigenvalue weighted by molar-refractivity contribution is 6.29. The second kappa shape index (κ2) is 10.3. The van der Waals surface area contributed by atoms with E-state index in [1.165, 1.54) is 4.90 Å². The fraction of sp³-hybridized carbons (Fsp3) is 0.579. The van der Waals surface area contributed by atoms with E-state index in [1.54, 1.807) is 19.2 Å². The van der Waals surface area contributed by atoms with Crippen molar-refractivity contribution in [1.82, 2.24) is 25.8 Å². The van der Waals surface area contributed by atoms with Gasteiger partial charge in [-0.15, -0.1) is 0 Å². The summed E-state index contributed by atoms with van der Waals surface area (Å²) in [4.78, 5) is 34.2. The first kappa shape index (κ1) is 21.9. The number of aromatic nitrogens is 1. The standard InChI is InChI=1S/C19H29ClN6O2/c1-4-19(3)16(27)26(18(28)25-19)12-6-10-22-17(21-5-2)23-11-9-14-7-8-15(20)24-13-14/h7-8,13H,4-6,9-12H2,1-3H3,(H,25,28)(H2,21,22,23). The second-order valence-corrected chi connectivity index (χ2v) is 7.24. The molecular formula is C19H29ClN6O2. The maximum Gasteiger partial charge on any atom is 0.325 e. The topological polar surface area (TPSA) is 98.7 Å². The molecule has 0 saturated carbocycles. The molecule has 0 spiro atoms. The molecule has 3 amide bonds. The highest BCUT2D eigenvalue weighted by Gasteiger charge is 2.45. The molecule has 1 aromatic heterocycles. The van der Waals surface area contributed by atoms with Gasteiger partial charge in [-0.25, -0.2) is 9.78 Å². The smallest absolute Gasteiger partial charge is 0.325 e. The van der Waals surface area contributed by atoms with E-state index >= 15 is 0 Å². The van der Waals surface area contributed by atoms with Crippen molar-refractivity contribution < 1.29 is 9.59 Å². The molecule has 2 heterocycles. The largest absolute Gasteiger partial charge is 0.357 e. The summed E-state index contributed by atoms with van der Waals surface area (Å²) in [6.07, 6.45) is 3.74. The molecule has 1 unspecified atom stereocenters. The Bertz CT molecular complexity index is 709. The molecule has 9 heteroatoms. The van der Waals surface area contributed by atoms with Crippen molar-refractivity contribution in [3.8, 4) is 0 Å². The number of nitrogens with zero attached hydrogens (tertiary/aromatic N) is 3. The van der Waals surface area contributed by atoms with E-state index in [9.17, 15) is 9.59 Å². The van der Waals surface area contributed by atoms with E-state index in [-0.39, 0.29) is 11.9 Å². The van der Waals surface area contributed by atoms with Crippen LogP contribution in [0.3, 0.4) is 0 Å². The SMILES string of the molecule is CCNC(=NCCCN1C(=O)NC(C)(CC)C1=O)NCCc1ccc(Cl)nc1. The minimum atomic E-state index is -0.784. The zero-order valence-corrected chi connectivity index (χ0v) is 17.5. The van der Waals surface area contributed by atoms with Crippen molar-refractivity contribution in [1.29, 1.82) is 0 Å². The number of nitrogens with one attached hydrogen (secondary N) is 3. The highest BCUT2D eigenvalue weighted by Crippen LogP contribution is 2.20. The average Bonchev–Trinajstić information content (AvgIpc) is 2.89. The second-order valence-electron chi connectivity index (χ2n) is 6.85. The van der Waals surface area contributed by atoms with E-state index < -0.39 is 5.54 Å². The third-order valence-electron chi connectivity index (χ3n) is 4.70. The minimum absolute atomic E-state index is 0.161. The van der Waals surface area contributed by atoms with Gasteiger partial charge in [-0.05, 0) is 44.7 Å². The summed E-state index contributed by atoms with van der Waals surface area (Å²) in [5.74, 6) is 0.547. The summed E-state index contributed by atoms with van der Waals surface area (Å²) < 4.78 is 0. The Kier molecular flexibility index (Phi) is 8.04. The molecule has 28 heavy (non-hydrogen) atoms. The Balaban J connectivity index is 1.78. The van der Waals surface area contributed by atoms with Crippen molar-refractivity contribution in [2.75, 3.05) is 26.2 Å². The normalized spacial score (nSPS) is 19.7. The van der Waals surface area contributed by atoms with Gasteiger partial charge in [0.25, 0.3) is 5.91 Å². The van der Waals surface area contributed by atoms with Crippen LogP contribution in [0.4, 0.5) is 4.79 Å². The van der Waals surface area contributed by atoms with Gasteiger partial charge in [-0.1, -0.05) is 24.6 Å². The summed E-state index contributed by atoms with van der Waals surface area (Å²) in [5, 5.41) is 9.70. The van der Waals surface area contributed by atoms with Gasteiger partial charge in [0, 0.05) is 32.4 Å². The average molecular weight is 409 g/mol. The molecular weight excluding hydrogens is 380 g/mol. The first-order valence-corrected chi connectivity index (χ1v) is 10.0. The zero-order chi connectivity index (χ0) is 20.6. The predicted octanol–water partition coefficient (Wildman–Crippen LogP) is 1.94. The number of imide groups is 1. The van der Waals surface area contributed by atoms with Crippen LogP contribution in [-0.2, 0) is 11.2 Å². The van der Waals surface area contributed by atoms with Crippen LogP contribution in [0.2, 0.25) is 5.15 Å². The number of carbonyl (C=O) groups excluding carboxylic acids is 2. The van der Waals surface area contributed by atoms with Crippen molar-refractivity contribution in [3.05, 3.63) is 29.0 Å². The molecule has 1 fully saturated rings. The molecule has 0 bridgehead atoms. The lowest BCUT2D eigenvalue weighted by Crippen LogP contribution is -2.43. The van der Waals surface area contributed by atoms with Crippen LogP contribution in [-0.4, -0.2) is 59.5 Å². The maximum atomic E-state index is 12.4. The summed E-state index contributed by atoms with van der Waals surface area (Å²) in [7, 11) is 0. The molecule has 2 rings (SSSR count). The number of pyridine rings is 1. The number of urea groups is 1. The Hall–Kier alpha value is -2.35. The molecule has 8 nitrogen and oxygen atoms in total. The van der Waals surface area contributed by atoms with Crippen molar-refractivity contribution >= 4 is 29.5 Å². The number of aliphatic imine (C=N–C) groups is 1. The first-order valence-electron chi connectivity index (χ1n) is 9.66. The molecule has 1 aliphatic heterocycles. The number of rotatable bonds is 9. The van der Waals surface area contributed by atoms with Crippen molar-refractivity contribution in [3.63, 3.8) is 0 Å². The number of hydrogen-bond acceptors (Lipinski definition) is 4. The quantitative estimate of drug-likeness (QED) is 0.191. The monoisotopic (exact) mass is 408 g/mol. The Morgan fingerprint density at radius 1 is 1.32 bits per heavy atom. The van der Waals surface area contributed by atoms with Crippen LogP contribution in [0.25, 0.3) is 0 Å². The van der Waals surface area contributed by atoms with E-state index in [1.807, 2.05) is 19.9 Å². The first-order chi connectivity index (χ1) is 13.4. The third kappa shape index (κ3) is 5.82. The Morgan fingerprint density at radius 3 is 2.71 bits per heavy atom. The summed E-state index contributed by atoms with van der Waals surface area (Å²) in [5.41, 5.74) is 0.304. The lowest BCUT2D eigenvalue weighted by atomic mass is 9.99. The predicted molar refractivity (Wildman–Crippen MR) is 110 cm³/mol. The van der Waals surface area contributed by atoms with Gasteiger partial charge < -0.3 is 16.0 Å². The lowest BCUT2D eigenvalue weighted by Gasteiger charge is -2.19. The molecule has 0 aliphatic carbocycles. The molecule has 0 radical (unpaired) electrons. The van der Waals surface area contributed by atoms with Crippen LogP contribution >= 0.6 is 11.6 Å². The summed E-state index contributed by atoms with van der Waals surface area (Å²) in [6.45, 7) is 7.97. The van der Waals surface area contributed by atoms with Gasteiger partial charge in [0.2, 0.25) is 0 Å². The molecule has 1 aliphatic rings. The third-order valence-corrected chi connectivity index (χ3v) is 4.92. The summed E-state index contributed by atoms with van der Waals surface area (Å²) >= 11 is 5.79. The van der Waals surface area contributed by atoms with Gasteiger partial charge >= 0.3 is 6.03 Å². The fourth-order valence-corrected chi connectivity index (χ4v) is 2.94. The molecule has 1 aromatic rings. The molecule has 0 aromatic carbocycles. The van der Waals surface area contributed by atoms with Crippen molar-refractivity contribution in [2.45, 2.75) is 45.6 Å². The van der Waals surface area contributed by atoms with Crippen molar-refractivity contribution in [2.24, 2.45) is 4.99 Å². The fourth-order valence-electron chi connectivity index (χ4n) is 2.83. The number of halogens is 1. The number of carbonyl (C=O) groups is 2. The van der Waals surface area contributed by atoms with Crippen LogP contribution in [0.5, 0.6) is 0 Å². The summed E-state index contributed by atoms with van der Waals surface area (Å²) in [6, 6.07) is 3.40. The Labute approximate surface area is 171 Å². The van der Waals surface area contributed by atoms with Crippen LogP contribution in [0.1, 0.15) is 39.2 Å². The minimum Gasteiger partial charge on any atom is -0.357 e. The number of hydrogen-bond donors (Lipinski definition) is 3. The number of guanidine groups is 1. The highest BCUT2D eigenvalue weighted by atomic mass is 35.5. The molecule has 1 saturated heterocycles. The Morgan fingerprint density at radius 2 is 2.11 bits per heavy atom. The van der Waals surface area contributed by atoms with E-state index in [0.717, 1.165) is 18.5 Å². The maximum absolute atomic E-state index is 12.4. The van der Waals surface area contributed by atoms with E-state index in [2.05, 4.69) is 25.9 Å². The molecule has 3 N–H and O–H groups in total. The van der Waals surface area contributed by atoms with Gasteiger partial charge in [-0.2, -0.15) is 0 Å². The number of amides is 3. The van der Waals surface area contributed by atoms with Crippen LogP contribution < -0.4 is 16.0 Å². The molecule has 154 valence electrons. The van der Waals surface area contributed by atoms with Gasteiger partial charge in [0.1, 0.15) is 10.7 Å². The van der Waals surface area contributed by atoms with Gasteiger partial charge in [-0.3, -0.25) is 14.7 Å². The van der Waals surface area contributed by atoms with Gasteiger partial charge in [0.15, 0.2) is 5.96 Å². The molecule has 1 atom stereocenters. The van der Waals surface area contributed by atoms with Gasteiger partial charge in [0.05, 0.1) is 0 Å². The van der Waals surface area contributed by atoms with E-state index in [4.69, 9.17) is 11.6 Å². The zero-order valence-electron chi connectivity index (χ0n) is 16.7. The van der Waals surface area contributed by atoms with Crippen LogP contribution in [0, 0.1) is 0 Å². The van der Waals surface area contributed by atoms with E-state index in [0.29, 0.717) is 43.6 Å².